The van der Waals surface area contributed by atoms with E-state index in [0.29, 0.717) is 11.3 Å². The molecule has 0 aliphatic carbocycles. The Hall–Kier alpha value is -3.97. The minimum Gasteiger partial charge on any atom is -0.340 e. The lowest BCUT2D eigenvalue weighted by Gasteiger charge is -2.19. The van der Waals surface area contributed by atoms with Crippen molar-refractivity contribution in [3.63, 3.8) is 0 Å². The van der Waals surface area contributed by atoms with Gasteiger partial charge in [0.25, 0.3) is 15.9 Å². The number of pyridine rings is 1. The van der Waals surface area contributed by atoms with Crippen LogP contribution in [0.1, 0.15) is 27.7 Å². The van der Waals surface area contributed by atoms with Gasteiger partial charge in [0.1, 0.15) is 0 Å². The molecule has 0 saturated carbocycles. The molecule has 0 bridgehead atoms. The third-order valence-electron chi connectivity index (χ3n) is 4.84. The monoisotopic (exact) mass is 443 g/mol. The number of nitrogens with zero attached hydrogens (tertiary/aromatic N) is 1. The molecule has 6 nitrogen and oxygen atoms in total. The summed E-state index contributed by atoms with van der Waals surface area (Å²) in [6.45, 7) is 0. The van der Waals surface area contributed by atoms with Crippen molar-refractivity contribution in [2.75, 3.05) is 4.72 Å². The molecule has 1 amide bonds. The van der Waals surface area contributed by atoms with Gasteiger partial charge in [-0.05, 0) is 54.1 Å². The first kappa shape index (κ1) is 21.3. The number of carbonyl (C=O) groups is 1. The Morgan fingerprint density at radius 1 is 0.750 bits per heavy atom. The van der Waals surface area contributed by atoms with E-state index in [1.165, 1.54) is 12.1 Å². The van der Waals surface area contributed by atoms with Gasteiger partial charge in [-0.25, -0.2) is 8.42 Å². The number of aromatic nitrogens is 1. The quantitative estimate of drug-likeness (QED) is 0.443. The molecule has 0 saturated heterocycles. The van der Waals surface area contributed by atoms with E-state index in [1.807, 2.05) is 48.5 Å². The van der Waals surface area contributed by atoms with E-state index in [4.69, 9.17) is 0 Å². The van der Waals surface area contributed by atoms with Gasteiger partial charge < -0.3 is 5.32 Å². The number of rotatable bonds is 7. The Morgan fingerprint density at radius 2 is 1.38 bits per heavy atom. The lowest BCUT2D eigenvalue weighted by Crippen LogP contribution is -2.29. The molecule has 0 radical (unpaired) electrons. The SMILES string of the molecule is O=C(N[C@H](c1ccccc1)c1ccccn1)c1ccc(NS(=O)(=O)c2ccccc2)cc1. The first-order chi connectivity index (χ1) is 15.5. The summed E-state index contributed by atoms with van der Waals surface area (Å²) in [5.41, 5.74) is 2.41. The van der Waals surface area contributed by atoms with Gasteiger partial charge in [0.15, 0.2) is 0 Å². The smallest absolute Gasteiger partial charge is 0.261 e. The van der Waals surface area contributed by atoms with Gasteiger partial charge in [0.05, 0.1) is 16.6 Å². The lowest BCUT2D eigenvalue weighted by atomic mass is 10.0. The van der Waals surface area contributed by atoms with E-state index in [0.717, 1.165) is 11.3 Å². The molecule has 160 valence electrons. The van der Waals surface area contributed by atoms with Crippen LogP contribution in [0, 0.1) is 0 Å². The van der Waals surface area contributed by atoms with Crippen LogP contribution in [-0.4, -0.2) is 19.3 Å². The molecule has 7 heteroatoms. The van der Waals surface area contributed by atoms with Crippen LogP contribution < -0.4 is 10.0 Å². The Morgan fingerprint density at radius 3 is 2.00 bits per heavy atom. The van der Waals surface area contributed by atoms with Crippen molar-refractivity contribution in [1.29, 1.82) is 0 Å². The molecule has 1 heterocycles. The number of hydrogen-bond donors (Lipinski definition) is 2. The summed E-state index contributed by atoms with van der Waals surface area (Å²) < 4.78 is 27.5. The zero-order valence-electron chi connectivity index (χ0n) is 17.0. The van der Waals surface area contributed by atoms with Gasteiger partial charge in [0, 0.05) is 17.4 Å². The maximum atomic E-state index is 12.9. The molecule has 2 N–H and O–H groups in total. The van der Waals surface area contributed by atoms with Crippen LogP contribution in [0.25, 0.3) is 0 Å². The Kier molecular flexibility index (Phi) is 6.28. The highest BCUT2D eigenvalue weighted by Crippen LogP contribution is 2.21. The van der Waals surface area contributed by atoms with Crippen LogP contribution in [-0.2, 0) is 10.0 Å². The molecule has 0 unspecified atom stereocenters. The maximum absolute atomic E-state index is 12.9. The summed E-state index contributed by atoms with van der Waals surface area (Å²) in [6, 6.07) is 29.1. The Labute approximate surface area is 187 Å². The molecule has 4 aromatic rings. The van der Waals surface area contributed by atoms with Gasteiger partial charge in [-0.15, -0.1) is 0 Å². The predicted molar refractivity (Wildman–Crippen MR) is 124 cm³/mol. The molecule has 4 rings (SSSR count). The number of sulfonamides is 1. The van der Waals surface area contributed by atoms with Gasteiger partial charge in [-0.3, -0.25) is 14.5 Å². The second-order valence-electron chi connectivity index (χ2n) is 7.07. The highest BCUT2D eigenvalue weighted by atomic mass is 32.2. The van der Waals surface area contributed by atoms with Crippen molar-refractivity contribution >= 4 is 21.6 Å². The summed E-state index contributed by atoms with van der Waals surface area (Å²) in [4.78, 5) is 17.5. The topological polar surface area (TPSA) is 88.2 Å². The molecule has 0 aliphatic rings. The third kappa shape index (κ3) is 5.01. The number of hydrogen-bond acceptors (Lipinski definition) is 4. The van der Waals surface area contributed by atoms with Crippen molar-refractivity contribution in [3.8, 4) is 0 Å². The minimum absolute atomic E-state index is 0.169. The molecule has 3 aromatic carbocycles. The van der Waals surface area contributed by atoms with Gasteiger partial charge >= 0.3 is 0 Å². The molecule has 1 aromatic heterocycles. The van der Waals surface area contributed by atoms with E-state index in [1.54, 1.807) is 48.7 Å². The number of nitrogens with one attached hydrogen (secondary N) is 2. The Balaban J connectivity index is 1.52. The van der Waals surface area contributed by atoms with Crippen LogP contribution in [0.5, 0.6) is 0 Å². The molecule has 0 spiro atoms. The second kappa shape index (κ2) is 9.45. The first-order valence-electron chi connectivity index (χ1n) is 9.97. The summed E-state index contributed by atoms with van der Waals surface area (Å²) in [5.74, 6) is -0.290. The van der Waals surface area contributed by atoms with Crippen LogP contribution in [0.4, 0.5) is 5.69 Å². The number of anilines is 1. The highest BCUT2D eigenvalue weighted by Gasteiger charge is 2.19. The van der Waals surface area contributed by atoms with E-state index in [9.17, 15) is 13.2 Å². The van der Waals surface area contributed by atoms with Crippen molar-refractivity contribution < 1.29 is 13.2 Å². The van der Waals surface area contributed by atoms with Crippen molar-refractivity contribution in [1.82, 2.24) is 10.3 Å². The van der Waals surface area contributed by atoms with E-state index < -0.39 is 16.1 Å². The van der Waals surface area contributed by atoms with Gasteiger partial charge in [-0.2, -0.15) is 0 Å². The fraction of sp³-hybridized carbons (Fsp3) is 0.0400. The molecule has 0 fully saturated rings. The second-order valence-corrected chi connectivity index (χ2v) is 8.75. The highest BCUT2D eigenvalue weighted by molar-refractivity contribution is 7.92. The summed E-state index contributed by atoms with van der Waals surface area (Å²) in [7, 11) is -3.70. The average molecular weight is 444 g/mol. The average Bonchev–Trinajstić information content (AvgIpc) is 2.84. The Bertz CT molecular complexity index is 1240. The predicted octanol–water partition coefficient (Wildman–Crippen LogP) is 4.40. The van der Waals surface area contributed by atoms with Gasteiger partial charge in [0.2, 0.25) is 0 Å². The minimum atomic E-state index is -3.70. The van der Waals surface area contributed by atoms with Crippen molar-refractivity contribution in [3.05, 3.63) is 126 Å². The molecular weight excluding hydrogens is 422 g/mol. The fourth-order valence-corrected chi connectivity index (χ4v) is 4.32. The van der Waals surface area contributed by atoms with E-state index >= 15 is 0 Å². The number of carbonyl (C=O) groups excluding carboxylic acids is 1. The fourth-order valence-electron chi connectivity index (χ4n) is 3.24. The standard InChI is InChI=1S/C25H21N3O3S/c29-25(27-24(19-9-3-1-4-10-19)23-13-7-8-18-26-23)20-14-16-21(17-15-20)28-32(30,31)22-11-5-2-6-12-22/h1-18,24,28H,(H,27,29)/t24-/m1/s1. The lowest BCUT2D eigenvalue weighted by molar-refractivity contribution is 0.0942. The number of amides is 1. The first-order valence-corrected chi connectivity index (χ1v) is 11.5. The van der Waals surface area contributed by atoms with E-state index in [-0.39, 0.29) is 10.8 Å². The zero-order valence-corrected chi connectivity index (χ0v) is 17.9. The maximum Gasteiger partial charge on any atom is 0.261 e. The van der Waals surface area contributed by atoms with Crippen LogP contribution in [0.2, 0.25) is 0 Å². The summed E-state index contributed by atoms with van der Waals surface area (Å²) >= 11 is 0. The van der Waals surface area contributed by atoms with Crippen molar-refractivity contribution in [2.45, 2.75) is 10.9 Å². The summed E-state index contributed by atoms with van der Waals surface area (Å²) in [6.07, 6.45) is 1.69. The molecule has 0 aliphatic heterocycles. The molecular formula is C25H21N3O3S. The molecule has 1 atom stereocenters. The molecule has 32 heavy (non-hydrogen) atoms. The zero-order chi connectivity index (χ0) is 22.4. The third-order valence-corrected chi connectivity index (χ3v) is 6.24. The van der Waals surface area contributed by atoms with E-state index in [2.05, 4.69) is 15.0 Å². The van der Waals surface area contributed by atoms with Crippen LogP contribution in [0.15, 0.2) is 114 Å². The van der Waals surface area contributed by atoms with Crippen LogP contribution in [0.3, 0.4) is 0 Å². The normalized spacial score (nSPS) is 12.0. The summed E-state index contributed by atoms with van der Waals surface area (Å²) in [5, 5.41) is 3.02. The number of benzene rings is 3. The van der Waals surface area contributed by atoms with Crippen molar-refractivity contribution in [2.24, 2.45) is 0 Å². The van der Waals surface area contributed by atoms with Crippen LogP contribution >= 0.6 is 0 Å². The van der Waals surface area contributed by atoms with Gasteiger partial charge in [-0.1, -0.05) is 54.6 Å². The largest absolute Gasteiger partial charge is 0.340 e.